The predicted octanol–water partition coefficient (Wildman–Crippen LogP) is 16.3. The summed E-state index contributed by atoms with van der Waals surface area (Å²) in [5.74, 6) is 0. The summed E-state index contributed by atoms with van der Waals surface area (Å²) in [6.45, 7) is 18.1. The predicted molar refractivity (Wildman–Crippen MR) is 266 cm³/mol. The molecule has 0 aliphatic rings. The number of hydrogen-bond donors (Lipinski definition) is 0. The van der Waals surface area contributed by atoms with Crippen LogP contribution in [0.15, 0.2) is 170 Å². The molecule has 7 heteroatoms. The summed E-state index contributed by atoms with van der Waals surface area (Å²) in [5, 5.41) is 5.30. The van der Waals surface area contributed by atoms with E-state index in [0.29, 0.717) is 0 Å². The Hall–Kier alpha value is -3.54. The van der Waals surface area contributed by atoms with E-state index in [9.17, 15) is 0 Å². The van der Waals surface area contributed by atoms with Crippen LogP contribution in [0.4, 0.5) is 0 Å². The van der Waals surface area contributed by atoms with Gasteiger partial charge in [0.1, 0.15) is 16.5 Å². The van der Waals surface area contributed by atoms with Crippen LogP contribution in [0.2, 0.25) is 39.3 Å². The average molecular weight is 924 g/mol. The molecule has 0 N–H and O–H groups in total. The second-order valence-electron chi connectivity index (χ2n) is 16.6. The Balaban J connectivity index is 0.000000175. The standard InChI is InChI=1S/2C23H19.C6H18BNSi2.2ClH.Zr/c2*1-2-17-9-6-7-13-21(17)22-14-8-12-19-15-20(16-23(19)22)18-10-4-3-5-11-18;1-9(2,3)8(7)10(4,5)6;;;/h2*3-16H,2H2,1H3;1-6H3;2*1H;/q2*-1;;;;+4/p-2. The molecular formula is C52H56BCl2NSi2Zr. The van der Waals surface area contributed by atoms with E-state index in [1.807, 2.05) is 0 Å². The minimum absolute atomic E-state index is 0.826. The maximum absolute atomic E-state index is 5.98. The van der Waals surface area contributed by atoms with Crippen LogP contribution in [0, 0.1) is 0 Å². The van der Waals surface area contributed by atoms with Gasteiger partial charge in [-0.25, -0.2) is 0 Å². The van der Waals surface area contributed by atoms with E-state index in [1.165, 1.54) is 77.2 Å². The summed E-state index contributed by atoms with van der Waals surface area (Å²) >= 11 is -0.826. The van der Waals surface area contributed by atoms with E-state index < -0.39 is 37.3 Å². The van der Waals surface area contributed by atoms with Gasteiger partial charge in [-0.15, -0.1) is 69.1 Å². The molecule has 8 aromatic carbocycles. The fourth-order valence-electron chi connectivity index (χ4n) is 7.72. The number of halogens is 2. The van der Waals surface area contributed by atoms with Gasteiger partial charge in [-0.05, 0) is 35.1 Å². The van der Waals surface area contributed by atoms with Gasteiger partial charge in [0.25, 0.3) is 0 Å². The number of aryl methyl sites for hydroxylation is 2. The van der Waals surface area contributed by atoms with Gasteiger partial charge >= 0.3 is 37.9 Å². The van der Waals surface area contributed by atoms with E-state index >= 15 is 0 Å². The van der Waals surface area contributed by atoms with Gasteiger partial charge < -0.3 is 4.14 Å². The van der Waals surface area contributed by atoms with Crippen molar-refractivity contribution in [1.82, 2.24) is 4.14 Å². The van der Waals surface area contributed by atoms with Crippen molar-refractivity contribution in [2.24, 2.45) is 0 Å². The van der Waals surface area contributed by atoms with Crippen molar-refractivity contribution in [3.8, 4) is 44.5 Å². The molecule has 8 rings (SSSR count). The average Bonchev–Trinajstić information content (AvgIpc) is 3.90. The van der Waals surface area contributed by atoms with Gasteiger partial charge in [0.2, 0.25) is 0 Å². The second-order valence-corrected chi connectivity index (χ2v) is 30.5. The van der Waals surface area contributed by atoms with Gasteiger partial charge in [0, 0.05) is 0 Å². The van der Waals surface area contributed by atoms with Gasteiger partial charge in [-0.1, -0.05) is 209 Å². The van der Waals surface area contributed by atoms with Crippen molar-refractivity contribution in [3.63, 3.8) is 0 Å². The zero-order chi connectivity index (χ0) is 42.6. The molecule has 0 saturated heterocycles. The molecule has 0 heterocycles. The third-order valence-electron chi connectivity index (χ3n) is 10.5. The van der Waals surface area contributed by atoms with Crippen LogP contribution < -0.4 is 0 Å². The van der Waals surface area contributed by atoms with Crippen LogP contribution in [-0.4, -0.2) is 28.6 Å². The number of fused-ring (bicyclic) bond motifs is 2. The van der Waals surface area contributed by atoms with Gasteiger partial charge in [0.05, 0.1) is 0 Å². The molecule has 0 aliphatic heterocycles. The Kier molecular flexibility index (Phi) is 17.2. The molecule has 0 fully saturated rings. The van der Waals surface area contributed by atoms with Crippen LogP contribution in [0.5, 0.6) is 0 Å². The molecule has 0 aliphatic carbocycles. The third-order valence-corrected chi connectivity index (χ3v) is 17.5. The van der Waals surface area contributed by atoms with E-state index in [4.69, 9.17) is 25.0 Å². The summed E-state index contributed by atoms with van der Waals surface area (Å²) < 4.78 is 2.15. The van der Waals surface area contributed by atoms with Crippen LogP contribution >= 0.6 is 17.0 Å². The number of nitrogens with zero attached hydrogens (tertiary/aromatic N) is 1. The molecule has 1 nitrogen and oxygen atoms in total. The van der Waals surface area contributed by atoms with Gasteiger partial charge in [-0.3, -0.25) is 0 Å². The summed E-state index contributed by atoms with van der Waals surface area (Å²) in [4.78, 5) is 0. The maximum atomic E-state index is 5.98. The quantitative estimate of drug-likeness (QED) is 0.108. The fourth-order valence-corrected chi connectivity index (χ4v) is 15.8. The van der Waals surface area contributed by atoms with Gasteiger partial charge in [-0.2, -0.15) is 0 Å². The Bertz CT molecular complexity index is 2340. The Labute approximate surface area is 376 Å². The molecule has 298 valence electrons. The zero-order valence-corrected chi connectivity index (χ0v) is 41.8. The molecule has 0 unspecified atom stereocenters. The molecule has 0 saturated carbocycles. The summed E-state index contributed by atoms with van der Waals surface area (Å²) in [6.07, 6.45) is 2.11. The third kappa shape index (κ3) is 12.3. The minimum atomic E-state index is -1.22. The summed E-state index contributed by atoms with van der Waals surface area (Å²) in [6, 6.07) is 61.2. The molecule has 2 radical (unpaired) electrons. The number of hydrogen-bond acceptors (Lipinski definition) is 1. The van der Waals surface area contributed by atoms with Gasteiger partial charge in [0.15, 0.2) is 7.98 Å². The van der Waals surface area contributed by atoms with Crippen molar-refractivity contribution in [3.05, 3.63) is 181 Å². The van der Waals surface area contributed by atoms with Crippen molar-refractivity contribution in [2.45, 2.75) is 66.0 Å². The van der Waals surface area contributed by atoms with E-state index in [2.05, 4.69) is 227 Å². The normalized spacial score (nSPS) is 11.2. The van der Waals surface area contributed by atoms with Crippen LogP contribution in [0.3, 0.4) is 0 Å². The number of benzene rings is 6. The fraction of sp³-hybridized carbons (Fsp3) is 0.192. The first-order valence-electron chi connectivity index (χ1n) is 20.5. The monoisotopic (exact) mass is 921 g/mol. The Morgan fingerprint density at radius 2 is 0.797 bits per heavy atom. The van der Waals surface area contributed by atoms with Crippen LogP contribution in [0.1, 0.15) is 25.0 Å². The first-order chi connectivity index (χ1) is 28.3. The summed E-state index contributed by atoms with van der Waals surface area (Å²) in [5.41, 5.74) is 13.3. The zero-order valence-electron chi connectivity index (χ0n) is 35.9. The molecular weight excluding hydrogens is 868 g/mol. The van der Waals surface area contributed by atoms with Crippen LogP contribution in [-0.2, 0) is 33.7 Å². The molecule has 0 bridgehead atoms. The first kappa shape index (κ1) is 46.5. The topological polar surface area (TPSA) is 3.24 Å². The van der Waals surface area contributed by atoms with E-state index in [-0.39, 0.29) is 0 Å². The van der Waals surface area contributed by atoms with Crippen molar-refractivity contribution < 1.29 is 20.8 Å². The first-order valence-corrected chi connectivity index (χ1v) is 33.7. The van der Waals surface area contributed by atoms with Crippen molar-refractivity contribution in [1.29, 1.82) is 0 Å². The van der Waals surface area contributed by atoms with Crippen molar-refractivity contribution in [2.75, 3.05) is 0 Å². The molecule has 0 atom stereocenters. The Morgan fingerprint density at radius 3 is 1.12 bits per heavy atom. The summed E-state index contributed by atoms with van der Waals surface area (Å²) in [7, 11) is 13.4. The molecule has 0 aromatic heterocycles. The molecule has 8 aromatic rings. The SMILES string of the molecule is CCc1ccccc1-c1cccc2[cH-]c(-c3ccccc3)cc12.CCc1ccccc1-c1cccc2[cH-]c(-c3ccccc3)cc12.[B]N([Si](C)(C)C)[Si](C)(C)C.[Cl][Zr+2][Cl]. The molecule has 0 spiro atoms. The molecule has 59 heavy (non-hydrogen) atoms. The molecule has 0 amide bonds. The van der Waals surface area contributed by atoms with E-state index in [0.717, 1.165) is 12.8 Å². The van der Waals surface area contributed by atoms with Crippen molar-refractivity contribution >= 4 is 63.0 Å². The Morgan fingerprint density at radius 1 is 0.475 bits per heavy atom. The van der Waals surface area contributed by atoms with E-state index in [1.54, 1.807) is 0 Å². The number of rotatable bonds is 8. The van der Waals surface area contributed by atoms with Crippen LogP contribution in [0.25, 0.3) is 66.1 Å². The second kappa shape index (κ2) is 21.8.